The maximum atomic E-state index is 4.90. The summed E-state index contributed by atoms with van der Waals surface area (Å²) in [6, 6.07) is 0. The molecule has 1 nitrogen and oxygen atoms in total. The number of unbranched alkanes of at least 4 members (excludes halogenated alkanes) is 5. The van der Waals surface area contributed by atoms with Crippen LogP contribution in [0.25, 0.3) is 0 Å². The minimum atomic E-state index is 1.04. The van der Waals surface area contributed by atoms with Crippen LogP contribution in [-0.4, -0.2) is 7.11 Å². The molecule has 0 N–H and O–H groups in total. The predicted octanol–water partition coefficient (Wildman–Crippen LogP) is 6.94. The van der Waals surface area contributed by atoms with E-state index in [2.05, 4.69) is 55.5 Å². The molecule has 0 aliphatic heterocycles. The molecule has 0 aromatic heterocycles. The van der Waals surface area contributed by atoms with Crippen molar-refractivity contribution < 1.29 is 4.74 Å². The van der Waals surface area contributed by atoms with Gasteiger partial charge in [-0.25, -0.2) is 0 Å². The Hall–Kier alpha value is -1.08. The van der Waals surface area contributed by atoms with Crippen LogP contribution in [0, 0.1) is 6.61 Å². The average Bonchev–Trinajstić information content (AvgIpc) is 2.54. The van der Waals surface area contributed by atoms with E-state index in [4.69, 9.17) is 4.74 Å². The molecule has 0 atom stereocenters. The monoisotopic (exact) mass is 303 g/mol. The van der Waals surface area contributed by atoms with Crippen LogP contribution in [0.15, 0.2) is 48.6 Å². The van der Waals surface area contributed by atoms with Gasteiger partial charge in [0, 0.05) is 7.11 Å². The minimum Gasteiger partial charge on any atom is -0.379 e. The van der Waals surface area contributed by atoms with Crippen LogP contribution in [-0.2, 0) is 4.74 Å². The molecule has 0 fully saturated rings. The van der Waals surface area contributed by atoms with E-state index in [-0.39, 0.29) is 0 Å². The van der Waals surface area contributed by atoms with E-state index in [0.29, 0.717) is 0 Å². The summed E-state index contributed by atoms with van der Waals surface area (Å²) in [6.45, 7) is 4.11. The SMILES string of the molecule is CCCCC/C=C\C/C=C\C/C=C\C/C=C\CCC[CH]OC. The van der Waals surface area contributed by atoms with Crippen molar-refractivity contribution in [2.24, 2.45) is 0 Å². The van der Waals surface area contributed by atoms with Gasteiger partial charge >= 0.3 is 0 Å². The maximum Gasteiger partial charge on any atom is 0.0832 e. The van der Waals surface area contributed by atoms with Crippen molar-refractivity contribution >= 4 is 0 Å². The molecule has 0 saturated heterocycles. The molecule has 0 aromatic rings. The first-order chi connectivity index (χ1) is 10.9. The Morgan fingerprint density at radius 1 is 0.591 bits per heavy atom. The molecule has 0 heterocycles. The van der Waals surface area contributed by atoms with Gasteiger partial charge < -0.3 is 4.74 Å². The Morgan fingerprint density at radius 2 is 1.09 bits per heavy atom. The van der Waals surface area contributed by atoms with Gasteiger partial charge in [-0.2, -0.15) is 0 Å². The summed E-state index contributed by atoms with van der Waals surface area (Å²) in [5.74, 6) is 0. The van der Waals surface area contributed by atoms with E-state index in [1.807, 2.05) is 6.61 Å². The second-order valence-corrected chi connectivity index (χ2v) is 5.42. The number of hydrogen-bond acceptors (Lipinski definition) is 1. The van der Waals surface area contributed by atoms with Crippen molar-refractivity contribution in [1.82, 2.24) is 0 Å². The topological polar surface area (TPSA) is 9.23 Å². The summed E-state index contributed by atoms with van der Waals surface area (Å²) in [7, 11) is 1.71. The highest BCUT2D eigenvalue weighted by atomic mass is 16.5. The van der Waals surface area contributed by atoms with Gasteiger partial charge in [0.1, 0.15) is 0 Å². The Labute approximate surface area is 138 Å². The first kappa shape index (κ1) is 20.9. The molecule has 1 heteroatoms. The summed E-state index contributed by atoms with van der Waals surface area (Å²) < 4.78 is 4.90. The van der Waals surface area contributed by atoms with Gasteiger partial charge in [-0.3, -0.25) is 0 Å². The Kier molecular flexibility index (Phi) is 18.9. The predicted molar refractivity (Wildman–Crippen MR) is 99.7 cm³/mol. The van der Waals surface area contributed by atoms with E-state index >= 15 is 0 Å². The van der Waals surface area contributed by atoms with Gasteiger partial charge in [0.2, 0.25) is 0 Å². The molecule has 22 heavy (non-hydrogen) atoms. The highest BCUT2D eigenvalue weighted by Gasteiger charge is 1.84. The van der Waals surface area contributed by atoms with Crippen LogP contribution in [0.2, 0.25) is 0 Å². The summed E-state index contributed by atoms with van der Waals surface area (Å²) in [6.07, 6.45) is 29.8. The van der Waals surface area contributed by atoms with Crippen molar-refractivity contribution in [3.05, 3.63) is 55.2 Å². The fourth-order valence-electron chi connectivity index (χ4n) is 2.00. The Balaban J connectivity index is 3.35. The molecule has 125 valence electrons. The molecule has 0 bridgehead atoms. The first-order valence-electron chi connectivity index (χ1n) is 8.86. The van der Waals surface area contributed by atoms with E-state index in [1.165, 1.54) is 32.1 Å². The van der Waals surface area contributed by atoms with Gasteiger partial charge in [0.05, 0.1) is 6.61 Å². The van der Waals surface area contributed by atoms with Crippen molar-refractivity contribution in [2.45, 2.75) is 71.1 Å². The lowest BCUT2D eigenvalue weighted by molar-refractivity contribution is 0.263. The molecular formula is C21H35O. The zero-order valence-corrected chi connectivity index (χ0v) is 14.7. The third-order valence-electron chi connectivity index (χ3n) is 3.32. The average molecular weight is 304 g/mol. The quantitative estimate of drug-likeness (QED) is 0.235. The fraction of sp³-hybridized carbons (Fsp3) is 0.571. The Bertz CT molecular complexity index is 310. The lowest BCUT2D eigenvalue weighted by atomic mass is 10.2. The summed E-state index contributed by atoms with van der Waals surface area (Å²) in [5, 5.41) is 0. The summed E-state index contributed by atoms with van der Waals surface area (Å²) >= 11 is 0. The van der Waals surface area contributed by atoms with Crippen LogP contribution in [0.1, 0.15) is 71.1 Å². The highest BCUT2D eigenvalue weighted by Crippen LogP contribution is 2.02. The molecule has 0 aliphatic rings. The van der Waals surface area contributed by atoms with Gasteiger partial charge in [0.15, 0.2) is 0 Å². The maximum absolute atomic E-state index is 4.90. The molecule has 0 unspecified atom stereocenters. The molecule has 0 aromatic carbocycles. The highest BCUT2D eigenvalue weighted by molar-refractivity contribution is 4.99. The smallest absolute Gasteiger partial charge is 0.0832 e. The van der Waals surface area contributed by atoms with Crippen molar-refractivity contribution in [2.75, 3.05) is 7.11 Å². The van der Waals surface area contributed by atoms with E-state index in [1.54, 1.807) is 7.11 Å². The van der Waals surface area contributed by atoms with E-state index in [9.17, 15) is 0 Å². The zero-order valence-electron chi connectivity index (χ0n) is 14.7. The van der Waals surface area contributed by atoms with Crippen molar-refractivity contribution in [3.63, 3.8) is 0 Å². The molecule has 0 aliphatic carbocycles. The number of rotatable bonds is 15. The van der Waals surface area contributed by atoms with E-state index in [0.717, 1.165) is 32.1 Å². The number of ether oxygens (including phenoxy) is 1. The number of methoxy groups -OCH3 is 1. The van der Waals surface area contributed by atoms with Gasteiger partial charge in [0.25, 0.3) is 0 Å². The lowest BCUT2D eigenvalue weighted by Gasteiger charge is -1.94. The zero-order chi connectivity index (χ0) is 16.1. The van der Waals surface area contributed by atoms with Gasteiger partial charge in [-0.05, 0) is 51.4 Å². The van der Waals surface area contributed by atoms with Crippen LogP contribution in [0.3, 0.4) is 0 Å². The largest absolute Gasteiger partial charge is 0.379 e. The lowest BCUT2D eigenvalue weighted by Crippen LogP contribution is -1.79. The van der Waals surface area contributed by atoms with Gasteiger partial charge in [-0.15, -0.1) is 0 Å². The first-order valence-corrected chi connectivity index (χ1v) is 8.86. The van der Waals surface area contributed by atoms with E-state index < -0.39 is 0 Å². The Morgan fingerprint density at radius 3 is 1.59 bits per heavy atom. The molecule has 0 saturated carbocycles. The molecule has 1 radical (unpaired) electrons. The third-order valence-corrected chi connectivity index (χ3v) is 3.32. The molecular weight excluding hydrogens is 268 g/mol. The minimum absolute atomic E-state index is 1.04. The molecule has 0 rings (SSSR count). The van der Waals surface area contributed by atoms with Crippen LogP contribution < -0.4 is 0 Å². The number of allylic oxidation sites excluding steroid dienone is 8. The summed E-state index contributed by atoms with van der Waals surface area (Å²) in [4.78, 5) is 0. The second kappa shape index (κ2) is 19.9. The van der Waals surface area contributed by atoms with Gasteiger partial charge in [-0.1, -0.05) is 68.4 Å². The number of hydrogen-bond donors (Lipinski definition) is 0. The van der Waals surface area contributed by atoms with Crippen molar-refractivity contribution in [3.8, 4) is 0 Å². The summed E-state index contributed by atoms with van der Waals surface area (Å²) in [5.41, 5.74) is 0. The second-order valence-electron chi connectivity index (χ2n) is 5.42. The fourth-order valence-corrected chi connectivity index (χ4v) is 2.00. The van der Waals surface area contributed by atoms with Crippen LogP contribution in [0.4, 0.5) is 0 Å². The van der Waals surface area contributed by atoms with Crippen LogP contribution >= 0.6 is 0 Å². The van der Waals surface area contributed by atoms with Crippen LogP contribution in [0.5, 0.6) is 0 Å². The normalized spacial score (nSPS) is 12.6. The van der Waals surface area contributed by atoms with Crippen molar-refractivity contribution in [1.29, 1.82) is 0 Å². The molecule has 0 spiro atoms. The third kappa shape index (κ3) is 18.9. The molecule has 0 amide bonds. The standard InChI is InChI=1S/C21H35O/c1-3-4-5-6-7-8-9-10-11-12-13-14-15-16-17-18-19-20-21-22-2/h7-8,10-11,13-14,16-17,21H,3-6,9,12,15,18-20H2,1-2H3/b8-7-,11-10-,14-13-,17-16-.